The minimum absolute atomic E-state index is 0.240. The molecule has 94 valence electrons. The van der Waals surface area contributed by atoms with E-state index in [-0.39, 0.29) is 5.54 Å². The number of hydrogen-bond donors (Lipinski definition) is 1. The summed E-state index contributed by atoms with van der Waals surface area (Å²) in [5.74, 6) is 0. The van der Waals surface area contributed by atoms with E-state index in [1.807, 2.05) is 7.11 Å². The molecule has 2 aliphatic heterocycles. The van der Waals surface area contributed by atoms with Gasteiger partial charge < -0.3 is 15.0 Å². The van der Waals surface area contributed by atoms with Crippen LogP contribution in [-0.4, -0.2) is 50.3 Å². The van der Waals surface area contributed by atoms with Crippen molar-refractivity contribution in [3.63, 3.8) is 0 Å². The lowest BCUT2D eigenvalue weighted by atomic mass is 9.88. The fourth-order valence-corrected chi connectivity index (χ4v) is 3.16. The Hall–Kier alpha value is -0.120. The van der Waals surface area contributed by atoms with E-state index >= 15 is 0 Å². The van der Waals surface area contributed by atoms with Gasteiger partial charge in [0.25, 0.3) is 0 Å². The molecule has 0 aliphatic carbocycles. The highest BCUT2D eigenvalue weighted by Gasteiger charge is 2.33. The zero-order chi connectivity index (χ0) is 11.3. The van der Waals surface area contributed by atoms with E-state index in [0.717, 1.165) is 13.2 Å². The normalized spacial score (nSPS) is 32.8. The third-order valence-electron chi connectivity index (χ3n) is 3.98. The first kappa shape index (κ1) is 12.3. The fraction of sp³-hybridized carbons (Fsp3) is 1.00. The van der Waals surface area contributed by atoms with Gasteiger partial charge in [-0.05, 0) is 45.3 Å². The lowest BCUT2D eigenvalue weighted by Gasteiger charge is -2.42. The Morgan fingerprint density at radius 3 is 2.56 bits per heavy atom. The average Bonchev–Trinajstić information content (AvgIpc) is 2.31. The highest BCUT2D eigenvalue weighted by atomic mass is 16.5. The summed E-state index contributed by atoms with van der Waals surface area (Å²) < 4.78 is 5.44. The second kappa shape index (κ2) is 5.99. The van der Waals surface area contributed by atoms with Crippen LogP contribution in [0, 0.1) is 0 Å². The van der Waals surface area contributed by atoms with Crippen LogP contribution in [-0.2, 0) is 4.74 Å². The van der Waals surface area contributed by atoms with E-state index in [1.54, 1.807) is 0 Å². The second-order valence-corrected chi connectivity index (χ2v) is 5.43. The predicted molar refractivity (Wildman–Crippen MR) is 66.8 cm³/mol. The first-order valence-corrected chi connectivity index (χ1v) is 6.81. The van der Waals surface area contributed by atoms with Crippen molar-refractivity contribution in [3.8, 4) is 0 Å². The molecule has 0 aromatic heterocycles. The molecule has 0 saturated carbocycles. The zero-order valence-corrected chi connectivity index (χ0v) is 10.6. The molecule has 2 fully saturated rings. The van der Waals surface area contributed by atoms with Gasteiger partial charge >= 0.3 is 0 Å². The molecule has 1 atom stereocenters. The van der Waals surface area contributed by atoms with E-state index in [1.165, 1.54) is 58.2 Å². The Morgan fingerprint density at radius 1 is 1.12 bits per heavy atom. The van der Waals surface area contributed by atoms with Gasteiger partial charge in [0.15, 0.2) is 0 Å². The standard InChI is InChI=1S/C13H26N2O/c1-16-12-13(7-3-4-8-14-13)11-15-9-5-2-6-10-15/h14H,2-12H2,1H3. The van der Waals surface area contributed by atoms with Crippen LogP contribution in [0.3, 0.4) is 0 Å². The van der Waals surface area contributed by atoms with Crippen LogP contribution in [0.1, 0.15) is 38.5 Å². The van der Waals surface area contributed by atoms with Crippen LogP contribution in [0.25, 0.3) is 0 Å². The van der Waals surface area contributed by atoms with Gasteiger partial charge in [-0.25, -0.2) is 0 Å². The number of likely N-dealkylation sites (tertiary alicyclic amines) is 1. The Bertz CT molecular complexity index is 191. The molecule has 1 N–H and O–H groups in total. The van der Waals surface area contributed by atoms with Crippen molar-refractivity contribution >= 4 is 0 Å². The van der Waals surface area contributed by atoms with Crippen LogP contribution >= 0.6 is 0 Å². The van der Waals surface area contributed by atoms with Gasteiger partial charge in [0, 0.05) is 13.7 Å². The number of nitrogens with one attached hydrogen (secondary N) is 1. The molecule has 3 nitrogen and oxygen atoms in total. The number of piperidine rings is 2. The molecular formula is C13H26N2O. The third kappa shape index (κ3) is 3.19. The Morgan fingerprint density at radius 2 is 1.94 bits per heavy atom. The average molecular weight is 226 g/mol. The maximum atomic E-state index is 5.44. The predicted octanol–water partition coefficient (Wildman–Crippen LogP) is 1.63. The molecule has 2 rings (SSSR count). The summed E-state index contributed by atoms with van der Waals surface area (Å²) in [5.41, 5.74) is 0.240. The topological polar surface area (TPSA) is 24.5 Å². The summed E-state index contributed by atoms with van der Waals surface area (Å²) in [4.78, 5) is 2.63. The molecule has 3 heteroatoms. The molecular weight excluding hydrogens is 200 g/mol. The number of nitrogens with zero attached hydrogens (tertiary/aromatic N) is 1. The first-order chi connectivity index (χ1) is 7.85. The summed E-state index contributed by atoms with van der Waals surface area (Å²) in [5, 5.41) is 3.71. The lowest BCUT2D eigenvalue weighted by Crippen LogP contribution is -2.59. The van der Waals surface area contributed by atoms with Crippen molar-refractivity contribution in [2.75, 3.05) is 39.9 Å². The van der Waals surface area contributed by atoms with Crippen LogP contribution in [0.5, 0.6) is 0 Å². The number of rotatable bonds is 4. The third-order valence-corrected chi connectivity index (χ3v) is 3.98. The molecule has 2 heterocycles. The first-order valence-electron chi connectivity index (χ1n) is 6.81. The molecule has 1 unspecified atom stereocenters. The van der Waals surface area contributed by atoms with Crippen molar-refractivity contribution in [3.05, 3.63) is 0 Å². The molecule has 0 amide bonds. The summed E-state index contributed by atoms with van der Waals surface area (Å²) >= 11 is 0. The van der Waals surface area contributed by atoms with Crippen molar-refractivity contribution in [2.45, 2.75) is 44.1 Å². The number of ether oxygens (including phenoxy) is 1. The molecule has 0 radical (unpaired) electrons. The molecule has 0 aromatic carbocycles. The lowest BCUT2D eigenvalue weighted by molar-refractivity contribution is 0.0530. The highest BCUT2D eigenvalue weighted by molar-refractivity contribution is 4.94. The Labute approximate surface area is 99.5 Å². The van der Waals surface area contributed by atoms with E-state index in [2.05, 4.69) is 10.2 Å². The van der Waals surface area contributed by atoms with Gasteiger partial charge in [0.1, 0.15) is 0 Å². The number of hydrogen-bond acceptors (Lipinski definition) is 3. The smallest absolute Gasteiger partial charge is 0.0657 e. The molecule has 0 bridgehead atoms. The van der Waals surface area contributed by atoms with Crippen LogP contribution < -0.4 is 5.32 Å². The molecule has 0 spiro atoms. The summed E-state index contributed by atoms with van der Waals surface area (Å²) in [6.45, 7) is 5.78. The molecule has 16 heavy (non-hydrogen) atoms. The minimum Gasteiger partial charge on any atom is -0.383 e. The minimum atomic E-state index is 0.240. The van der Waals surface area contributed by atoms with E-state index in [0.29, 0.717) is 0 Å². The van der Waals surface area contributed by atoms with Gasteiger partial charge in [-0.1, -0.05) is 12.8 Å². The van der Waals surface area contributed by atoms with Gasteiger partial charge in [0.05, 0.1) is 12.1 Å². The Balaban J connectivity index is 1.89. The van der Waals surface area contributed by atoms with Gasteiger partial charge in [-0.2, -0.15) is 0 Å². The maximum absolute atomic E-state index is 5.44. The SMILES string of the molecule is COCC1(CN2CCCCC2)CCCCN1. The quantitative estimate of drug-likeness (QED) is 0.788. The van der Waals surface area contributed by atoms with Gasteiger partial charge in [-0.15, -0.1) is 0 Å². The zero-order valence-electron chi connectivity index (χ0n) is 10.6. The van der Waals surface area contributed by atoms with Crippen molar-refractivity contribution in [1.82, 2.24) is 10.2 Å². The summed E-state index contributed by atoms with van der Waals surface area (Å²) in [7, 11) is 1.83. The van der Waals surface area contributed by atoms with Crippen LogP contribution in [0.2, 0.25) is 0 Å². The van der Waals surface area contributed by atoms with Crippen LogP contribution in [0.4, 0.5) is 0 Å². The molecule has 2 saturated heterocycles. The van der Waals surface area contributed by atoms with Gasteiger partial charge in [-0.3, -0.25) is 0 Å². The molecule has 0 aromatic rings. The van der Waals surface area contributed by atoms with Crippen molar-refractivity contribution in [1.29, 1.82) is 0 Å². The van der Waals surface area contributed by atoms with Crippen molar-refractivity contribution in [2.24, 2.45) is 0 Å². The monoisotopic (exact) mass is 226 g/mol. The van der Waals surface area contributed by atoms with E-state index in [9.17, 15) is 0 Å². The Kier molecular flexibility index (Phi) is 4.62. The summed E-state index contributed by atoms with van der Waals surface area (Å²) in [6, 6.07) is 0. The van der Waals surface area contributed by atoms with Gasteiger partial charge in [0.2, 0.25) is 0 Å². The fourth-order valence-electron chi connectivity index (χ4n) is 3.16. The second-order valence-electron chi connectivity index (χ2n) is 5.43. The highest BCUT2D eigenvalue weighted by Crippen LogP contribution is 2.22. The van der Waals surface area contributed by atoms with Crippen molar-refractivity contribution < 1.29 is 4.74 Å². The largest absolute Gasteiger partial charge is 0.383 e. The molecule has 2 aliphatic rings. The van der Waals surface area contributed by atoms with Crippen LogP contribution in [0.15, 0.2) is 0 Å². The van der Waals surface area contributed by atoms with E-state index in [4.69, 9.17) is 4.74 Å². The van der Waals surface area contributed by atoms with E-state index < -0.39 is 0 Å². The number of methoxy groups -OCH3 is 1. The maximum Gasteiger partial charge on any atom is 0.0657 e. The summed E-state index contributed by atoms with van der Waals surface area (Å²) in [6.07, 6.45) is 8.13.